The Kier molecular flexibility index (Phi) is 5.63. The number of hydrogen-bond donors (Lipinski definition) is 1. The molecule has 134 valence electrons. The molecule has 0 spiro atoms. The Bertz CT molecular complexity index is 932. The van der Waals surface area contributed by atoms with Crippen LogP contribution in [0.25, 0.3) is 10.2 Å². The maximum Gasteiger partial charge on any atom is 0.338 e. The lowest BCUT2D eigenvalue weighted by Gasteiger charge is -2.03. The Morgan fingerprint density at radius 3 is 2.50 bits per heavy atom. The molecular weight excluding hydrogens is 348 g/mol. The molecule has 0 aliphatic carbocycles. The van der Waals surface area contributed by atoms with Gasteiger partial charge in [-0.3, -0.25) is 4.79 Å². The van der Waals surface area contributed by atoms with Crippen molar-refractivity contribution in [3.63, 3.8) is 0 Å². The predicted octanol–water partition coefficient (Wildman–Crippen LogP) is 4.22. The van der Waals surface area contributed by atoms with Gasteiger partial charge in [0.1, 0.15) is 0 Å². The number of thiazole rings is 1. The number of hydrogen-bond acceptors (Lipinski definition) is 5. The Balaban J connectivity index is 1.69. The van der Waals surface area contributed by atoms with Gasteiger partial charge in [-0.1, -0.05) is 42.5 Å². The molecule has 5 nitrogen and oxygen atoms in total. The second-order valence-corrected chi connectivity index (χ2v) is 6.85. The minimum Gasteiger partial charge on any atom is -0.462 e. The van der Waals surface area contributed by atoms with Gasteiger partial charge in [0, 0.05) is 0 Å². The summed E-state index contributed by atoms with van der Waals surface area (Å²) >= 11 is 1.34. The molecule has 0 aliphatic heterocycles. The fourth-order valence-corrected chi connectivity index (χ4v) is 3.48. The summed E-state index contributed by atoms with van der Waals surface area (Å²) in [5.41, 5.74) is 3.44. The minimum absolute atomic E-state index is 0.112. The van der Waals surface area contributed by atoms with Crippen molar-refractivity contribution < 1.29 is 14.3 Å². The van der Waals surface area contributed by atoms with Crippen LogP contribution < -0.4 is 5.32 Å². The summed E-state index contributed by atoms with van der Waals surface area (Å²) in [7, 11) is 0. The summed E-state index contributed by atoms with van der Waals surface area (Å²) in [6, 6.07) is 13.2. The summed E-state index contributed by atoms with van der Waals surface area (Å²) in [4.78, 5) is 28.5. The Hall–Kier alpha value is -2.73. The van der Waals surface area contributed by atoms with Crippen molar-refractivity contribution in [1.82, 2.24) is 4.98 Å². The molecule has 0 unspecified atom stereocenters. The van der Waals surface area contributed by atoms with E-state index in [0.717, 1.165) is 22.2 Å². The van der Waals surface area contributed by atoms with Gasteiger partial charge < -0.3 is 10.1 Å². The van der Waals surface area contributed by atoms with E-state index in [1.54, 1.807) is 25.1 Å². The van der Waals surface area contributed by atoms with E-state index in [9.17, 15) is 9.59 Å². The molecule has 0 bridgehead atoms. The molecule has 3 rings (SSSR count). The maximum absolute atomic E-state index is 12.3. The molecule has 6 heteroatoms. The van der Waals surface area contributed by atoms with Crippen molar-refractivity contribution in [2.24, 2.45) is 0 Å². The third-order valence-electron chi connectivity index (χ3n) is 3.94. The van der Waals surface area contributed by atoms with Gasteiger partial charge in [-0.2, -0.15) is 0 Å². The predicted molar refractivity (Wildman–Crippen MR) is 104 cm³/mol. The van der Waals surface area contributed by atoms with Gasteiger partial charge in [-0.05, 0) is 42.7 Å². The smallest absolute Gasteiger partial charge is 0.338 e. The molecule has 0 aliphatic rings. The highest BCUT2D eigenvalue weighted by Crippen LogP contribution is 2.27. The highest BCUT2D eigenvalue weighted by molar-refractivity contribution is 7.22. The van der Waals surface area contributed by atoms with Gasteiger partial charge in [0.15, 0.2) is 5.13 Å². The number of anilines is 1. The van der Waals surface area contributed by atoms with Crippen LogP contribution in [-0.2, 0) is 22.4 Å². The number of rotatable bonds is 6. The average molecular weight is 368 g/mol. The monoisotopic (exact) mass is 368 g/mol. The van der Waals surface area contributed by atoms with Gasteiger partial charge in [-0.15, -0.1) is 0 Å². The highest BCUT2D eigenvalue weighted by atomic mass is 32.1. The first-order chi connectivity index (χ1) is 12.6. The number of benzene rings is 2. The third-order valence-corrected chi connectivity index (χ3v) is 4.88. The van der Waals surface area contributed by atoms with Crippen LogP contribution in [0.2, 0.25) is 0 Å². The van der Waals surface area contributed by atoms with Crippen LogP contribution in [0.1, 0.15) is 35.3 Å². The quantitative estimate of drug-likeness (QED) is 0.662. The van der Waals surface area contributed by atoms with Crippen LogP contribution >= 0.6 is 11.3 Å². The maximum atomic E-state index is 12.3. The van der Waals surface area contributed by atoms with Crippen LogP contribution in [-0.4, -0.2) is 23.5 Å². The average Bonchev–Trinajstić information content (AvgIpc) is 3.03. The summed E-state index contributed by atoms with van der Waals surface area (Å²) in [5, 5.41) is 3.36. The van der Waals surface area contributed by atoms with Gasteiger partial charge in [0.05, 0.1) is 28.8 Å². The molecule has 1 aromatic heterocycles. The fraction of sp³-hybridized carbons (Fsp3) is 0.250. The SMILES string of the molecule is CCOC(=O)c1ccc2nc(NC(=O)Cc3ccc(CC)cc3)sc2c1. The number of esters is 1. The molecule has 0 saturated carbocycles. The lowest BCUT2D eigenvalue weighted by atomic mass is 10.1. The van der Waals surface area contributed by atoms with Crippen LogP contribution in [0, 0.1) is 0 Å². The van der Waals surface area contributed by atoms with E-state index in [1.165, 1.54) is 16.9 Å². The van der Waals surface area contributed by atoms with Crippen LogP contribution in [0.3, 0.4) is 0 Å². The van der Waals surface area contributed by atoms with E-state index in [4.69, 9.17) is 4.74 Å². The lowest BCUT2D eigenvalue weighted by Crippen LogP contribution is -2.14. The van der Waals surface area contributed by atoms with Crippen LogP contribution in [0.4, 0.5) is 5.13 Å². The van der Waals surface area contributed by atoms with Crippen molar-refractivity contribution in [3.05, 3.63) is 59.2 Å². The number of amides is 1. The third kappa shape index (κ3) is 4.26. The molecule has 0 atom stereocenters. The summed E-state index contributed by atoms with van der Waals surface area (Å²) in [6.45, 7) is 4.20. The standard InChI is InChI=1S/C20H20N2O3S/c1-3-13-5-7-14(8-6-13)11-18(23)22-20-21-16-10-9-15(12-17(16)26-20)19(24)25-4-2/h5-10,12H,3-4,11H2,1-2H3,(H,21,22,23). The molecular formula is C20H20N2O3S. The van der Waals surface area contributed by atoms with Gasteiger partial charge in [0.2, 0.25) is 5.91 Å². The zero-order valence-corrected chi connectivity index (χ0v) is 15.6. The number of nitrogens with zero attached hydrogens (tertiary/aromatic N) is 1. The molecule has 2 aromatic carbocycles. The van der Waals surface area contributed by atoms with Crippen LogP contribution in [0.15, 0.2) is 42.5 Å². The van der Waals surface area contributed by atoms with E-state index in [2.05, 4.69) is 17.2 Å². The zero-order valence-electron chi connectivity index (χ0n) is 14.7. The van der Waals surface area contributed by atoms with E-state index in [1.807, 2.05) is 24.3 Å². The number of nitrogens with one attached hydrogen (secondary N) is 1. The molecule has 1 amide bonds. The van der Waals surface area contributed by atoms with Gasteiger partial charge in [0.25, 0.3) is 0 Å². The molecule has 0 radical (unpaired) electrons. The Morgan fingerprint density at radius 2 is 1.81 bits per heavy atom. The number of carbonyl (C=O) groups excluding carboxylic acids is 2. The van der Waals surface area contributed by atoms with Crippen molar-refractivity contribution in [3.8, 4) is 0 Å². The second kappa shape index (κ2) is 8.10. The normalized spacial score (nSPS) is 10.7. The number of aromatic nitrogens is 1. The number of aryl methyl sites for hydroxylation is 1. The first-order valence-electron chi connectivity index (χ1n) is 8.54. The molecule has 1 heterocycles. The topological polar surface area (TPSA) is 68.3 Å². The fourth-order valence-electron chi connectivity index (χ4n) is 2.56. The second-order valence-electron chi connectivity index (χ2n) is 5.82. The van der Waals surface area contributed by atoms with E-state index < -0.39 is 0 Å². The summed E-state index contributed by atoms with van der Waals surface area (Å²) < 4.78 is 5.84. The molecule has 1 N–H and O–H groups in total. The first-order valence-corrected chi connectivity index (χ1v) is 9.36. The van der Waals surface area contributed by atoms with Gasteiger partial charge in [-0.25, -0.2) is 9.78 Å². The number of fused-ring (bicyclic) bond motifs is 1. The van der Waals surface area contributed by atoms with Crippen molar-refractivity contribution in [2.75, 3.05) is 11.9 Å². The lowest BCUT2D eigenvalue weighted by molar-refractivity contribution is -0.115. The first kappa shape index (κ1) is 18.1. The van der Waals surface area contributed by atoms with E-state index in [0.29, 0.717) is 23.7 Å². The van der Waals surface area contributed by atoms with E-state index >= 15 is 0 Å². The van der Waals surface area contributed by atoms with Crippen molar-refractivity contribution in [2.45, 2.75) is 26.7 Å². The zero-order chi connectivity index (χ0) is 18.5. The van der Waals surface area contributed by atoms with Crippen molar-refractivity contribution >= 4 is 38.6 Å². The minimum atomic E-state index is -0.357. The number of ether oxygens (including phenoxy) is 1. The van der Waals surface area contributed by atoms with Crippen LogP contribution in [0.5, 0.6) is 0 Å². The largest absolute Gasteiger partial charge is 0.462 e. The summed E-state index contributed by atoms with van der Waals surface area (Å²) in [6.07, 6.45) is 1.28. The molecule has 26 heavy (non-hydrogen) atoms. The van der Waals surface area contributed by atoms with Gasteiger partial charge >= 0.3 is 5.97 Å². The highest BCUT2D eigenvalue weighted by Gasteiger charge is 2.12. The van der Waals surface area contributed by atoms with Crippen molar-refractivity contribution in [1.29, 1.82) is 0 Å². The molecule has 3 aromatic rings. The summed E-state index contributed by atoms with van der Waals surface area (Å²) in [5.74, 6) is -0.470. The Morgan fingerprint density at radius 1 is 1.08 bits per heavy atom. The Labute approximate surface area is 156 Å². The molecule has 0 saturated heterocycles. The van der Waals surface area contributed by atoms with E-state index in [-0.39, 0.29) is 11.9 Å². The molecule has 0 fully saturated rings. The number of carbonyl (C=O) groups is 2.